The number of hydrogen-bond donors (Lipinski definition) is 1. The molecule has 12 heteroatoms. The lowest BCUT2D eigenvalue weighted by Gasteiger charge is -2.31. The predicted octanol–water partition coefficient (Wildman–Crippen LogP) is 5.59. The van der Waals surface area contributed by atoms with Crippen molar-refractivity contribution in [3.05, 3.63) is 88.8 Å². The summed E-state index contributed by atoms with van der Waals surface area (Å²) >= 11 is 0. The van der Waals surface area contributed by atoms with E-state index in [2.05, 4.69) is 25.5 Å². The number of benzene rings is 2. The molecule has 7 nitrogen and oxygen atoms in total. The number of H-pyrrole nitrogens is 1. The maximum absolute atomic E-state index is 14.2. The van der Waals surface area contributed by atoms with Crippen molar-refractivity contribution in [3.8, 4) is 16.9 Å². The van der Waals surface area contributed by atoms with E-state index in [0.717, 1.165) is 40.0 Å². The monoisotopic (exact) mass is 539 g/mol. The van der Waals surface area contributed by atoms with Crippen LogP contribution >= 0.6 is 0 Å². The standard InChI is InChI=1S/C27H22F5N7/c1-14-9-15(6-7-33-14)27-18-10-17(4-5-20(18)34-36-27)39-13-21(35-37-39)16-3-2-8-38(11-16)12-19-22(28)24(30)26(32)25(31)23(19)29/h4-7,9-10,13,16H,2-3,8,11-12H2,1H3,(H,34,36)/t16-/m1/s1. The van der Waals surface area contributed by atoms with Gasteiger partial charge in [-0.05, 0) is 56.6 Å². The number of nitrogens with one attached hydrogen (secondary N) is 1. The summed E-state index contributed by atoms with van der Waals surface area (Å²) in [5, 5.41) is 17.0. The third-order valence-corrected chi connectivity index (χ3v) is 7.10. The van der Waals surface area contributed by atoms with Crippen LogP contribution in [0.2, 0.25) is 0 Å². The zero-order valence-electron chi connectivity index (χ0n) is 20.7. The van der Waals surface area contributed by atoms with Gasteiger partial charge in [0.05, 0.1) is 23.1 Å². The molecular formula is C27H22F5N7. The van der Waals surface area contributed by atoms with Crippen LogP contribution in [-0.4, -0.2) is 48.2 Å². The molecule has 1 aliphatic rings. The summed E-state index contributed by atoms with van der Waals surface area (Å²) in [5.41, 5.74) is 4.07. The number of aromatic nitrogens is 6. The van der Waals surface area contributed by atoms with Crippen molar-refractivity contribution in [2.45, 2.75) is 32.2 Å². The number of hydrogen-bond acceptors (Lipinski definition) is 5. The number of halogens is 5. The second-order valence-corrected chi connectivity index (χ2v) is 9.70. The van der Waals surface area contributed by atoms with Crippen LogP contribution in [0.5, 0.6) is 0 Å². The van der Waals surface area contributed by atoms with Crippen molar-refractivity contribution in [2.24, 2.45) is 0 Å². The van der Waals surface area contributed by atoms with E-state index >= 15 is 0 Å². The molecule has 2 aromatic carbocycles. The van der Waals surface area contributed by atoms with Gasteiger partial charge in [0.2, 0.25) is 5.82 Å². The van der Waals surface area contributed by atoms with E-state index in [1.54, 1.807) is 22.0 Å². The molecule has 0 amide bonds. The van der Waals surface area contributed by atoms with E-state index < -0.39 is 41.2 Å². The third-order valence-electron chi connectivity index (χ3n) is 7.10. The van der Waals surface area contributed by atoms with E-state index in [0.29, 0.717) is 25.2 Å². The highest BCUT2D eigenvalue weighted by molar-refractivity contribution is 5.94. The lowest BCUT2D eigenvalue weighted by atomic mass is 9.95. The Labute approximate surface area is 219 Å². The van der Waals surface area contributed by atoms with E-state index in [1.807, 2.05) is 37.3 Å². The van der Waals surface area contributed by atoms with Crippen LogP contribution in [0.25, 0.3) is 27.8 Å². The molecule has 1 saturated heterocycles. The van der Waals surface area contributed by atoms with Crippen LogP contribution in [0.4, 0.5) is 22.0 Å². The van der Waals surface area contributed by atoms with Crippen molar-refractivity contribution < 1.29 is 22.0 Å². The third kappa shape index (κ3) is 4.54. The van der Waals surface area contributed by atoms with Crippen LogP contribution in [0, 0.1) is 36.0 Å². The molecule has 3 aromatic heterocycles. The quantitative estimate of drug-likeness (QED) is 0.179. The topological polar surface area (TPSA) is 75.5 Å². The van der Waals surface area contributed by atoms with Crippen LogP contribution in [0.1, 0.15) is 35.7 Å². The molecule has 200 valence electrons. The maximum atomic E-state index is 14.2. The van der Waals surface area contributed by atoms with E-state index in [1.165, 1.54) is 0 Å². The minimum Gasteiger partial charge on any atom is -0.298 e. The highest BCUT2D eigenvalue weighted by atomic mass is 19.2. The average molecular weight is 540 g/mol. The number of nitrogens with zero attached hydrogens (tertiary/aromatic N) is 6. The van der Waals surface area contributed by atoms with Gasteiger partial charge < -0.3 is 0 Å². The summed E-state index contributed by atoms with van der Waals surface area (Å²) in [6, 6.07) is 9.60. The Morgan fingerprint density at radius 3 is 2.51 bits per heavy atom. The van der Waals surface area contributed by atoms with Gasteiger partial charge in [0.15, 0.2) is 23.3 Å². The SMILES string of the molecule is Cc1cc(-c2n[nH]c3ccc(-n4cc([C@@H]5CCCN(Cc6c(F)c(F)c(F)c(F)c6F)C5)nn4)cc23)ccn1. The van der Waals surface area contributed by atoms with E-state index in [9.17, 15) is 22.0 Å². The van der Waals surface area contributed by atoms with Crippen molar-refractivity contribution >= 4 is 10.9 Å². The molecule has 1 fully saturated rings. The largest absolute Gasteiger partial charge is 0.298 e. The lowest BCUT2D eigenvalue weighted by molar-refractivity contribution is 0.191. The van der Waals surface area contributed by atoms with Crippen LogP contribution in [-0.2, 0) is 6.54 Å². The van der Waals surface area contributed by atoms with Gasteiger partial charge in [-0.1, -0.05) is 5.21 Å². The maximum Gasteiger partial charge on any atom is 0.200 e. The van der Waals surface area contributed by atoms with Gasteiger partial charge in [0.25, 0.3) is 0 Å². The summed E-state index contributed by atoms with van der Waals surface area (Å²) in [6.07, 6.45) is 4.95. The highest BCUT2D eigenvalue weighted by Crippen LogP contribution is 2.31. The van der Waals surface area contributed by atoms with E-state index in [-0.39, 0.29) is 5.92 Å². The molecule has 0 saturated carbocycles. The van der Waals surface area contributed by atoms with Crippen molar-refractivity contribution in [2.75, 3.05) is 13.1 Å². The van der Waals surface area contributed by atoms with Crippen molar-refractivity contribution in [1.82, 2.24) is 35.1 Å². The number of pyridine rings is 1. The van der Waals surface area contributed by atoms with Crippen LogP contribution in [0.15, 0.2) is 42.7 Å². The van der Waals surface area contributed by atoms with Gasteiger partial charge >= 0.3 is 0 Å². The first kappa shape index (κ1) is 25.1. The molecular weight excluding hydrogens is 517 g/mol. The number of piperidine rings is 1. The van der Waals surface area contributed by atoms with Crippen molar-refractivity contribution in [3.63, 3.8) is 0 Å². The Kier molecular flexibility index (Phi) is 6.34. The van der Waals surface area contributed by atoms with Gasteiger partial charge in [-0.15, -0.1) is 5.10 Å². The van der Waals surface area contributed by atoms with Gasteiger partial charge in [-0.2, -0.15) is 5.10 Å². The number of likely N-dealkylation sites (tertiary alicyclic amines) is 1. The zero-order valence-corrected chi connectivity index (χ0v) is 20.7. The molecule has 0 radical (unpaired) electrons. The number of aromatic amines is 1. The minimum absolute atomic E-state index is 0.123. The fourth-order valence-corrected chi connectivity index (χ4v) is 5.10. The van der Waals surface area contributed by atoms with E-state index in [4.69, 9.17) is 0 Å². The number of rotatable bonds is 5. The summed E-state index contributed by atoms with van der Waals surface area (Å²) in [5.74, 6) is -9.74. The molecule has 5 aromatic rings. The minimum atomic E-state index is -2.15. The molecule has 0 spiro atoms. The Morgan fingerprint density at radius 1 is 0.974 bits per heavy atom. The summed E-state index contributed by atoms with van der Waals surface area (Å²) < 4.78 is 70.9. The van der Waals surface area contributed by atoms with Gasteiger partial charge in [-0.25, -0.2) is 26.6 Å². The zero-order chi connectivity index (χ0) is 27.3. The number of fused-ring (bicyclic) bond motifs is 1. The second kappa shape index (κ2) is 9.84. The normalized spacial score (nSPS) is 16.3. The molecule has 0 aliphatic carbocycles. The lowest BCUT2D eigenvalue weighted by Crippen LogP contribution is -2.35. The first-order chi connectivity index (χ1) is 18.8. The Balaban J connectivity index is 1.24. The fraction of sp³-hybridized carbons (Fsp3) is 0.259. The van der Waals surface area contributed by atoms with Crippen LogP contribution in [0.3, 0.4) is 0 Å². The molecule has 39 heavy (non-hydrogen) atoms. The summed E-state index contributed by atoms with van der Waals surface area (Å²) in [6.45, 7) is 2.31. The fourth-order valence-electron chi connectivity index (χ4n) is 5.10. The first-order valence-corrected chi connectivity index (χ1v) is 12.4. The first-order valence-electron chi connectivity index (χ1n) is 12.4. The second-order valence-electron chi connectivity index (χ2n) is 9.70. The molecule has 6 rings (SSSR count). The molecule has 1 atom stereocenters. The Hall–Kier alpha value is -4.19. The smallest absolute Gasteiger partial charge is 0.200 e. The van der Waals surface area contributed by atoms with Gasteiger partial charge in [0, 0.05) is 47.4 Å². The van der Waals surface area contributed by atoms with Gasteiger partial charge in [-0.3, -0.25) is 15.0 Å². The highest BCUT2D eigenvalue weighted by Gasteiger charge is 2.29. The Morgan fingerprint density at radius 2 is 1.74 bits per heavy atom. The Bertz CT molecular complexity index is 1670. The summed E-state index contributed by atoms with van der Waals surface area (Å²) in [7, 11) is 0. The van der Waals surface area contributed by atoms with Crippen LogP contribution < -0.4 is 0 Å². The van der Waals surface area contributed by atoms with Gasteiger partial charge in [0.1, 0.15) is 5.69 Å². The summed E-state index contributed by atoms with van der Waals surface area (Å²) in [4.78, 5) is 5.91. The number of aryl methyl sites for hydroxylation is 1. The average Bonchev–Trinajstić information content (AvgIpc) is 3.61. The molecule has 0 unspecified atom stereocenters. The van der Waals surface area contributed by atoms with Crippen molar-refractivity contribution in [1.29, 1.82) is 0 Å². The molecule has 1 N–H and O–H groups in total. The predicted molar refractivity (Wildman–Crippen MR) is 132 cm³/mol. The molecule has 1 aliphatic heterocycles. The molecule has 4 heterocycles. The molecule has 0 bridgehead atoms.